The lowest BCUT2D eigenvalue weighted by Gasteiger charge is -2.12. The van der Waals surface area contributed by atoms with Crippen LogP contribution in [0.2, 0.25) is 0 Å². The Balaban J connectivity index is 1.64. The first kappa shape index (κ1) is 20.6. The molecule has 4 rings (SSSR count). The minimum atomic E-state index is -0.506. The van der Waals surface area contributed by atoms with Gasteiger partial charge in [-0.15, -0.1) is 0 Å². The van der Waals surface area contributed by atoms with Gasteiger partial charge < -0.3 is 4.74 Å². The van der Waals surface area contributed by atoms with Gasteiger partial charge in [0.1, 0.15) is 5.75 Å². The highest BCUT2D eigenvalue weighted by molar-refractivity contribution is 8.18. The second-order valence-corrected chi connectivity index (χ2v) is 7.82. The number of benzene rings is 3. The van der Waals surface area contributed by atoms with Gasteiger partial charge in [-0.25, -0.2) is 0 Å². The predicted octanol–water partition coefficient (Wildman–Crippen LogP) is 5.38. The van der Waals surface area contributed by atoms with E-state index in [2.05, 4.69) is 0 Å². The van der Waals surface area contributed by atoms with Crippen LogP contribution in [0, 0.1) is 10.1 Å². The van der Waals surface area contributed by atoms with Gasteiger partial charge in [-0.05, 0) is 47.3 Å². The third-order valence-corrected chi connectivity index (χ3v) is 5.75. The number of fused-ring (bicyclic) bond motifs is 1. The van der Waals surface area contributed by atoms with Gasteiger partial charge in [-0.1, -0.05) is 42.5 Å². The number of ether oxygens (including phenoxy) is 1. The van der Waals surface area contributed by atoms with Crippen molar-refractivity contribution < 1.29 is 19.2 Å². The van der Waals surface area contributed by atoms with Gasteiger partial charge >= 0.3 is 0 Å². The Kier molecular flexibility index (Phi) is 5.73. The van der Waals surface area contributed by atoms with E-state index in [0.29, 0.717) is 17.1 Å². The number of nitrogens with zero attached hydrogens (tertiary/aromatic N) is 2. The van der Waals surface area contributed by atoms with Gasteiger partial charge in [0.15, 0.2) is 0 Å². The number of hydrogen-bond acceptors (Lipinski definition) is 6. The molecule has 3 aromatic rings. The molecule has 3 aromatic carbocycles. The molecule has 0 aromatic heterocycles. The number of nitro benzene ring substituents is 1. The molecule has 0 aliphatic carbocycles. The lowest BCUT2D eigenvalue weighted by molar-refractivity contribution is -0.384. The highest BCUT2D eigenvalue weighted by Gasteiger charge is 2.35. The molecule has 0 bridgehead atoms. The summed E-state index contributed by atoms with van der Waals surface area (Å²) < 4.78 is 5.69. The monoisotopic (exact) mass is 434 g/mol. The van der Waals surface area contributed by atoms with E-state index in [1.165, 1.54) is 18.2 Å². The number of carbonyl (C=O) groups is 2. The van der Waals surface area contributed by atoms with E-state index in [4.69, 9.17) is 4.74 Å². The van der Waals surface area contributed by atoms with Crippen LogP contribution in [0.25, 0.3) is 16.8 Å². The Labute approximate surface area is 182 Å². The molecular formula is C23H18N2O5S. The van der Waals surface area contributed by atoms with E-state index in [9.17, 15) is 19.7 Å². The van der Waals surface area contributed by atoms with Crippen molar-refractivity contribution in [2.45, 2.75) is 13.5 Å². The summed E-state index contributed by atoms with van der Waals surface area (Å²) in [5.41, 5.74) is 1.24. The van der Waals surface area contributed by atoms with Crippen LogP contribution in [-0.2, 0) is 11.3 Å². The van der Waals surface area contributed by atoms with Crippen molar-refractivity contribution in [2.24, 2.45) is 0 Å². The number of imide groups is 1. The molecule has 1 saturated heterocycles. The molecule has 156 valence electrons. The Bertz CT molecular complexity index is 1240. The van der Waals surface area contributed by atoms with Crippen molar-refractivity contribution in [3.63, 3.8) is 0 Å². The van der Waals surface area contributed by atoms with Crippen LogP contribution in [0.4, 0.5) is 10.5 Å². The molecule has 31 heavy (non-hydrogen) atoms. The Morgan fingerprint density at radius 1 is 1.06 bits per heavy atom. The molecule has 0 N–H and O–H groups in total. The summed E-state index contributed by atoms with van der Waals surface area (Å²) >= 11 is 0.863. The second kappa shape index (κ2) is 8.61. The summed E-state index contributed by atoms with van der Waals surface area (Å²) in [4.78, 5) is 37.3. The number of rotatable bonds is 6. The summed E-state index contributed by atoms with van der Waals surface area (Å²) in [7, 11) is 0. The Hall–Kier alpha value is -3.65. The zero-order valence-electron chi connectivity index (χ0n) is 16.6. The van der Waals surface area contributed by atoms with Crippen molar-refractivity contribution in [1.29, 1.82) is 0 Å². The summed E-state index contributed by atoms with van der Waals surface area (Å²) in [6.07, 6.45) is 1.70. The highest BCUT2D eigenvalue weighted by atomic mass is 32.2. The zero-order valence-corrected chi connectivity index (χ0v) is 17.4. The maximum absolute atomic E-state index is 12.9. The molecule has 2 amide bonds. The van der Waals surface area contributed by atoms with Crippen molar-refractivity contribution in [3.8, 4) is 5.75 Å². The van der Waals surface area contributed by atoms with Crippen molar-refractivity contribution >= 4 is 45.4 Å². The van der Waals surface area contributed by atoms with Crippen LogP contribution < -0.4 is 4.74 Å². The fourth-order valence-corrected chi connectivity index (χ4v) is 4.26. The first-order valence-electron chi connectivity index (χ1n) is 9.61. The maximum atomic E-state index is 12.9. The molecule has 0 saturated carbocycles. The number of nitro groups is 1. The van der Waals surface area contributed by atoms with E-state index >= 15 is 0 Å². The second-order valence-electron chi connectivity index (χ2n) is 6.83. The van der Waals surface area contributed by atoms with Gasteiger partial charge in [0.25, 0.3) is 16.8 Å². The third kappa shape index (κ3) is 4.15. The number of hydrogen-bond donors (Lipinski definition) is 0. The Morgan fingerprint density at radius 3 is 2.58 bits per heavy atom. The van der Waals surface area contributed by atoms with Gasteiger partial charge in [-0.2, -0.15) is 0 Å². The van der Waals surface area contributed by atoms with Gasteiger partial charge in [0.05, 0.1) is 23.0 Å². The van der Waals surface area contributed by atoms with Crippen LogP contribution in [0.3, 0.4) is 0 Å². The average molecular weight is 434 g/mol. The fourth-order valence-electron chi connectivity index (χ4n) is 3.43. The topological polar surface area (TPSA) is 89.8 Å². The van der Waals surface area contributed by atoms with Crippen LogP contribution in [0.1, 0.15) is 18.1 Å². The molecule has 7 nitrogen and oxygen atoms in total. The first-order chi connectivity index (χ1) is 15.0. The first-order valence-corrected chi connectivity index (χ1v) is 10.4. The Morgan fingerprint density at radius 2 is 1.84 bits per heavy atom. The minimum Gasteiger partial charge on any atom is -0.493 e. The quantitative estimate of drug-likeness (QED) is 0.294. The summed E-state index contributed by atoms with van der Waals surface area (Å²) in [5, 5.41) is 12.4. The molecule has 0 spiro atoms. The molecule has 8 heteroatoms. The SMILES string of the molecule is CCOc1ccc(/C=C2/SC(=O)N(Cc3cccc([N+](=O)[O-])c3)C2=O)c2ccccc12. The van der Waals surface area contributed by atoms with Crippen LogP contribution >= 0.6 is 11.8 Å². The van der Waals surface area contributed by atoms with Gasteiger partial charge in [-0.3, -0.25) is 24.6 Å². The summed E-state index contributed by atoms with van der Waals surface area (Å²) in [6.45, 7) is 2.44. The van der Waals surface area contributed by atoms with Crippen molar-refractivity contribution in [3.05, 3.63) is 86.8 Å². The standard InChI is InChI=1S/C23H18N2O5S/c1-2-30-20-11-10-16(18-8-3-4-9-19(18)20)13-21-22(26)24(23(27)31-21)14-15-6-5-7-17(12-15)25(28)29/h3-13H,2,14H2,1H3/b21-13+. The summed E-state index contributed by atoms with van der Waals surface area (Å²) in [6, 6.07) is 17.4. The lowest BCUT2D eigenvalue weighted by Crippen LogP contribution is -2.27. The van der Waals surface area contributed by atoms with Crippen molar-refractivity contribution in [2.75, 3.05) is 6.61 Å². The van der Waals surface area contributed by atoms with Gasteiger partial charge in [0, 0.05) is 17.5 Å². The van der Waals surface area contributed by atoms with E-state index in [0.717, 1.165) is 38.7 Å². The number of amides is 2. The highest BCUT2D eigenvalue weighted by Crippen LogP contribution is 2.36. The fraction of sp³-hybridized carbons (Fsp3) is 0.130. The predicted molar refractivity (Wildman–Crippen MR) is 120 cm³/mol. The lowest BCUT2D eigenvalue weighted by atomic mass is 10.0. The molecule has 1 aliphatic heterocycles. The number of carbonyl (C=O) groups excluding carboxylic acids is 2. The van der Waals surface area contributed by atoms with E-state index in [-0.39, 0.29) is 12.2 Å². The molecular weight excluding hydrogens is 416 g/mol. The molecule has 1 heterocycles. The van der Waals surface area contributed by atoms with Crippen LogP contribution in [-0.4, -0.2) is 27.6 Å². The molecule has 0 atom stereocenters. The molecule has 1 aliphatic rings. The normalized spacial score (nSPS) is 15.1. The van der Waals surface area contributed by atoms with Crippen LogP contribution in [0.5, 0.6) is 5.75 Å². The smallest absolute Gasteiger partial charge is 0.293 e. The molecule has 1 fully saturated rings. The number of non-ortho nitro benzene ring substituents is 1. The molecule has 0 radical (unpaired) electrons. The molecule has 0 unspecified atom stereocenters. The van der Waals surface area contributed by atoms with Gasteiger partial charge in [0.2, 0.25) is 0 Å². The zero-order chi connectivity index (χ0) is 22.0. The van der Waals surface area contributed by atoms with E-state index in [1.807, 2.05) is 43.3 Å². The minimum absolute atomic E-state index is 0.0201. The summed E-state index contributed by atoms with van der Waals surface area (Å²) in [5.74, 6) is 0.341. The third-order valence-electron chi connectivity index (χ3n) is 4.84. The van der Waals surface area contributed by atoms with Crippen LogP contribution in [0.15, 0.2) is 65.6 Å². The maximum Gasteiger partial charge on any atom is 0.293 e. The van der Waals surface area contributed by atoms with E-state index < -0.39 is 16.1 Å². The average Bonchev–Trinajstić information content (AvgIpc) is 3.03. The van der Waals surface area contributed by atoms with Crippen molar-refractivity contribution in [1.82, 2.24) is 4.90 Å². The number of thioether (sulfide) groups is 1. The largest absolute Gasteiger partial charge is 0.493 e. The van der Waals surface area contributed by atoms with E-state index in [1.54, 1.807) is 12.1 Å².